The molecule has 3 heterocycles. The molecule has 2 N–H and O–H groups in total. The molecule has 2 aromatic carbocycles. The first kappa shape index (κ1) is 20.6. The minimum absolute atomic E-state index is 0.0711. The Morgan fingerprint density at radius 1 is 0.970 bits per heavy atom. The Bertz CT molecular complexity index is 1420. The molecule has 0 aliphatic rings. The molecular formula is C23H18N6O3S. The van der Waals surface area contributed by atoms with Gasteiger partial charge in [-0.3, -0.25) is 19.3 Å². The number of thioether (sulfide) groups is 1. The van der Waals surface area contributed by atoms with E-state index in [0.29, 0.717) is 28.2 Å². The van der Waals surface area contributed by atoms with Crippen molar-refractivity contribution in [3.05, 3.63) is 95.5 Å². The number of furan rings is 1. The highest BCUT2D eigenvalue weighted by Crippen LogP contribution is 2.28. The smallest absolute Gasteiger partial charge is 0.273 e. The molecule has 9 nitrogen and oxygen atoms in total. The molecule has 0 unspecified atom stereocenters. The molecule has 0 saturated carbocycles. The van der Waals surface area contributed by atoms with Crippen molar-refractivity contribution in [2.45, 2.75) is 5.16 Å². The lowest BCUT2D eigenvalue weighted by Crippen LogP contribution is -2.15. The van der Waals surface area contributed by atoms with E-state index < -0.39 is 0 Å². The molecule has 164 valence electrons. The first-order valence-electron chi connectivity index (χ1n) is 10.0. The van der Waals surface area contributed by atoms with Crippen LogP contribution in [0.4, 0.5) is 5.82 Å². The molecule has 5 rings (SSSR count). The number of hydrogen-bond donors (Lipinski definition) is 2. The van der Waals surface area contributed by atoms with E-state index in [1.54, 1.807) is 30.5 Å². The van der Waals surface area contributed by atoms with Gasteiger partial charge in [0.25, 0.3) is 5.56 Å². The Morgan fingerprint density at radius 3 is 2.39 bits per heavy atom. The zero-order valence-corrected chi connectivity index (χ0v) is 18.0. The van der Waals surface area contributed by atoms with Crippen LogP contribution in [0.5, 0.6) is 0 Å². The van der Waals surface area contributed by atoms with E-state index in [1.807, 2.05) is 53.1 Å². The quantitative estimate of drug-likeness (QED) is 0.360. The Hall–Kier alpha value is -4.31. The average molecular weight is 459 g/mol. The van der Waals surface area contributed by atoms with Gasteiger partial charge in [0.15, 0.2) is 10.9 Å². The van der Waals surface area contributed by atoms with Crippen LogP contribution in [0.15, 0.2) is 99.5 Å². The third kappa shape index (κ3) is 4.37. The number of hydrogen-bond acceptors (Lipinski definition) is 6. The van der Waals surface area contributed by atoms with Gasteiger partial charge in [-0.05, 0) is 36.4 Å². The summed E-state index contributed by atoms with van der Waals surface area (Å²) in [7, 11) is 0. The lowest BCUT2D eigenvalue weighted by atomic mass is 10.3. The number of H-pyrrole nitrogens is 1. The maximum Gasteiger partial charge on any atom is 0.273 e. The van der Waals surface area contributed by atoms with Crippen molar-refractivity contribution in [1.29, 1.82) is 0 Å². The van der Waals surface area contributed by atoms with Crippen LogP contribution in [0.2, 0.25) is 0 Å². The number of aromatic nitrogens is 5. The number of aromatic amines is 1. The van der Waals surface area contributed by atoms with Gasteiger partial charge < -0.3 is 9.73 Å². The zero-order chi connectivity index (χ0) is 22.6. The lowest BCUT2D eigenvalue weighted by molar-refractivity contribution is -0.113. The summed E-state index contributed by atoms with van der Waals surface area (Å²) in [6, 6.07) is 23.6. The summed E-state index contributed by atoms with van der Waals surface area (Å²) < 4.78 is 8.71. The van der Waals surface area contributed by atoms with Crippen LogP contribution in [0.1, 0.15) is 0 Å². The highest BCUT2D eigenvalue weighted by Gasteiger charge is 2.19. The standard InChI is InChI=1S/C23H18N6O3S/c30-20(24-19-14-21(31)29(27-19)17-10-5-2-6-11-17)15-33-23-26-25-22(18-12-7-13-32-18)28(23)16-8-3-1-4-9-16/h1-14,27H,15H2,(H,24,30). The van der Waals surface area contributed by atoms with Gasteiger partial charge in [-0.1, -0.05) is 48.2 Å². The second-order valence-corrected chi connectivity index (χ2v) is 7.91. The van der Waals surface area contributed by atoms with Gasteiger partial charge in [-0.2, -0.15) is 0 Å². The van der Waals surface area contributed by atoms with E-state index in [1.165, 1.54) is 22.5 Å². The molecule has 0 spiro atoms. The molecule has 1 amide bonds. The van der Waals surface area contributed by atoms with E-state index >= 15 is 0 Å². The monoisotopic (exact) mass is 458 g/mol. The van der Waals surface area contributed by atoms with E-state index in [-0.39, 0.29) is 17.2 Å². The maximum absolute atomic E-state index is 12.6. The Kier molecular flexibility index (Phi) is 5.64. The highest BCUT2D eigenvalue weighted by molar-refractivity contribution is 7.99. The number of nitrogens with one attached hydrogen (secondary N) is 2. The molecule has 0 atom stereocenters. The van der Waals surface area contributed by atoms with Crippen molar-refractivity contribution in [3.8, 4) is 23.0 Å². The van der Waals surface area contributed by atoms with Crippen LogP contribution in [-0.2, 0) is 4.79 Å². The van der Waals surface area contributed by atoms with E-state index in [0.717, 1.165) is 5.69 Å². The average Bonchev–Trinajstić information content (AvgIpc) is 3.59. The predicted molar refractivity (Wildman–Crippen MR) is 125 cm³/mol. The topological polar surface area (TPSA) is 111 Å². The third-order valence-corrected chi connectivity index (χ3v) is 5.66. The second-order valence-electron chi connectivity index (χ2n) is 6.97. The molecule has 0 fully saturated rings. The molecule has 0 saturated heterocycles. The molecule has 0 bridgehead atoms. The van der Waals surface area contributed by atoms with Gasteiger partial charge in [0.1, 0.15) is 5.82 Å². The van der Waals surface area contributed by atoms with Crippen molar-refractivity contribution in [1.82, 2.24) is 24.5 Å². The van der Waals surface area contributed by atoms with Crippen LogP contribution in [-0.4, -0.2) is 36.2 Å². The van der Waals surface area contributed by atoms with Gasteiger partial charge in [-0.25, -0.2) is 4.68 Å². The number of anilines is 1. The molecule has 0 radical (unpaired) electrons. The van der Waals surface area contributed by atoms with Crippen molar-refractivity contribution in [2.24, 2.45) is 0 Å². The number of nitrogens with zero attached hydrogens (tertiary/aromatic N) is 4. The molecule has 33 heavy (non-hydrogen) atoms. The van der Waals surface area contributed by atoms with Crippen molar-refractivity contribution < 1.29 is 9.21 Å². The van der Waals surface area contributed by atoms with Gasteiger partial charge in [0, 0.05) is 11.8 Å². The second kappa shape index (κ2) is 9.05. The predicted octanol–water partition coefficient (Wildman–Crippen LogP) is 3.74. The fourth-order valence-electron chi connectivity index (χ4n) is 3.28. The normalized spacial score (nSPS) is 10.9. The molecule has 3 aromatic heterocycles. The summed E-state index contributed by atoms with van der Waals surface area (Å²) in [6.45, 7) is 0. The number of amides is 1. The van der Waals surface area contributed by atoms with Crippen LogP contribution in [0, 0.1) is 0 Å². The Morgan fingerprint density at radius 2 is 1.70 bits per heavy atom. The van der Waals surface area contributed by atoms with Gasteiger partial charge in [-0.15, -0.1) is 10.2 Å². The summed E-state index contributed by atoms with van der Waals surface area (Å²) in [5.41, 5.74) is 1.26. The van der Waals surface area contributed by atoms with Gasteiger partial charge >= 0.3 is 0 Å². The fourth-order valence-corrected chi connectivity index (χ4v) is 4.04. The fraction of sp³-hybridized carbons (Fsp3) is 0.0435. The van der Waals surface area contributed by atoms with Crippen LogP contribution in [0.3, 0.4) is 0 Å². The molecule has 10 heteroatoms. The molecular weight excluding hydrogens is 440 g/mol. The summed E-state index contributed by atoms with van der Waals surface area (Å²) in [5, 5.41) is 14.7. The van der Waals surface area contributed by atoms with Crippen molar-refractivity contribution in [3.63, 3.8) is 0 Å². The lowest BCUT2D eigenvalue weighted by Gasteiger charge is -2.09. The van der Waals surface area contributed by atoms with Crippen LogP contribution < -0.4 is 10.9 Å². The number of carbonyl (C=O) groups is 1. The minimum Gasteiger partial charge on any atom is -0.461 e. The van der Waals surface area contributed by atoms with Crippen LogP contribution in [0.25, 0.3) is 23.0 Å². The SMILES string of the molecule is O=C(CSc1nnc(-c2ccco2)n1-c1ccccc1)Nc1cc(=O)n(-c2ccccc2)[nH]1. The molecule has 0 aliphatic carbocycles. The number of rotatable bonds is 7. The summed E-state index contributed by atoms with van der Waals surface area (Å²) in [5.74, 6) is 1.21. The van der Waals surface area contributed by atoms with Crippen molar-refractivity contribution >= 4 is 23.5 Å². The minimum atomic E-state index is -0.288. The molecule has 5 aromatic rings. The van der Waals surface area contributed by atoms with Crippen molar-refractivity contribution in [2.75, 3.05) is 11.1 Å². The molecule has 0 aliphatic heterocycles. The van der Waals surface area contributed by atoms with E-state index in [4.69, 9.17) is 4.42 Å². The third-order valence-electron chi connectivity index (χ3n) is 4.73. The first-order chi connectivity index (χ1) is 16.2. The summed E-state index contributed by atoms with van der Waals surface area (Å²) in [4.78, 5) is 24.8. The highest BCUT2D eigenvalue weighted by atomic mass is 32.2. The summed E-state index contributed by atoms with van der Waals surface area (Å²) in [6.07, 6.45) is 1.57. The zero-order valence-electron chi connectivity index (χ0n) is 17.2. The Labute approximate surface area is 192 Å². The number of para-hydroxylation sites is 2. The largest absolute Gasteiger partial charge is 0.461 e. The first-order valence-corrected chi connectivity index (χ1v) is 11.0. The van der Waals surface area contributed by atoms with E-state index in [9.17, 15) is 9.59 Å². The number of carbonyl (C=O) groups excluding carboxylic acids is 1. The van der Waals surface area contributed by atoms with Crippen LogP contribution >= 0.6 is 11.8 Å². The summed E-state index contributed by atoms with van der Waals surface area (Å²) >= 11 is 1.23. The maximum atomic E-state index is 12.6. The Balaban J connectivity index is 1.33. The van der Waals surface area contributed by atoms with Gasteiger partial charge in [0.05, 0.1) is 17.7 Å². The van der Waals surface area contributed by atoms with E-state index in [2.05, 4.69) is 20.6 Å². The number of benzene rings is 2. The van der Waals surface area contributed by atoms with Gasteiger partial charge in [0.2, 0.25) is 11.7 Å².